The first kappa shape index (κ1) is 31.5. The molecule has 0 aromatic heterocycles. The quantitative estimate of drug-likeness (QED) is 0.182. The van der Waals surface area contributed by atoms with Gasteiger partial charge in [-0.3, -0.25) is 0 Å². The van der Waals surface area contributed by atoms with Crippen LogP contribution in [0.5, 0.6) is 23.0 Å². The lowest BCUT2D eigenvalue weighted by Crippen LogP contribution is -2.15. The van der Waals surface area contributed by atoms with Gasteiger partial charge < -0.3 is 19.3 Å². The first-order chi connectivity index (χ1) is 27.0. The van der Waals surface area contributed by atoms with Crippen molar-refractivity contribution < 1.29 is 9.47 Å². The van der Waals surface area contributed by atoms with Gasteiger partial charge in [-0.15, -0.1) is 0 Å². The van der Waals surface area contributed by atoms with E-state index < -0.39 is 0 Å². The molecule has 262 valence electrons. The molecule has 4 nitrogen and oxygen atoms in total. The van der Waals surface area contributed by atoms with Gasteiger partial charge in [0.15, 0.2) is 23.0 Å². The summed E-state index contributed by atoms with van der Waals surface area (Å²) in [6, 6.07) is 64.7. The van der Waals surface area contributed by atoms with Crippen LogP contribution < -0.4 is 19.3 Å². The summed E-state index contributed by atoms with van der Waals surface area (Å²) < 4.78 is 12.5. The molecule has 0 saturated carbocycles. The number of fused-ring (bicyclic) bond motifs is 7. The second-order valence-electron chi connectivity index (χ2n) is 15.0. The number of ether oxygens (including phenoxy) is 2. The Balaban J connectivity index is 0.893. The van der Waals surface area contributed by atoms with Crippen LogP contribution in [0.2, 0.25) is 0 Å². The van der Waals surface area contributed by atoms with Crippen LogP contribution in [0, 0.1) is 0 Å². The van der Waals surface area contributed by atoms with Crippen LogP contribution in [0.3, 0.4) is 0 Å². The fourth-order valence-electron chi connectivity index (χ4n) is 8.67. The number of benzene rings is 8. The molecular formula is C51H36N2O2. The van der Waals surface area contributed by atoms with Gasteiger partial charge >= 0.3 is 0 Å². The maximum absolute atomic E-state index is 6.25. The van der Waals surface area contributed by atoms with Crippen LogP contribution in [-0.2, 0) is 5.41 Å². The van der Waals surface area contributed by atoms with E-state index in [1.165, 1.54) is 44.5 Å². The Bertz CT molecular complexity index is 2520. The molecule has 0 fully saturated rings. The Morgan fingerprint density at radius 1 is 0.345 bits per heavy atom. The van der Waals surface area contributed by atoms with E-state index in [1.807, 2.05) is 48.5 Å². The third-order valence-electron chi connectivity index (χ3n) is 11.5. The molecule has 0 saturated heterocycles. The molecule has 0 bridgehead atoms. The van der Waals surface area contributed by atoms with Gasteiger partial charge in [0.1, 0.15) is 0 Å². The number of nitrogens with zero attached hydrogens (tertiary/aromatic N) is 2. The van der Waals surface area contributed by atoms with Crippen molar-refractivity contribution in [1.82, 2.24) is 0 Å². The van der Waals surface area contributed by atoms with Crippen LogP contribution in [0.15, 0.2) is 182 Å². The number of rotatable bonds is 4. The van der Waals surface area contributed by atoms with Crippen molar-refractivity contribution in [2.24, 2.45) is 0 Å². The highest BCUT2D eigenvalue weighted by Gasteiger charge is 2.36. The van der Waals surface area contributed by atoms with E-state index in [4.69, 9.17) is 9.47 Å². The molecule has 8 aromatic rings. The SMILES string of the molecule is CC1(C)c2cc(-c3ccc(N4c5ccccc5Oc5ccccc54)cc3)ccc2-c2ccc(-c3ccc(N4c5ccccc5Oc5ccccc54)cc3)cc21. The monoisotopic (exact) mass is 708 g/mol. The molecule has 1 aliphatic carbocycles. The summed E-state index contributed by atoms with van der Waals surface area (Å²) in [6.07, 6.45) is 0. The zero-order valence-corrected chi connectivity index (χ0v) is 30.5. The highest BCUT2D eigenvalue weighted by Crippen LogP contribution is 2.53. The van der Waals surface area contributed by atoms with Crippen molar-refractivity contribution >= 4 is 34.1 Å². The predicted octanol–water partition coefficient (Wildman–Crippen LogP) is 14.5. The summed E-state index contributed by atoms with van der Waals surface area (Å²) in [5.74, 6) is 3.43. The van der Waals surface area contributed by atoms with Crippen molar-refractivity contribution in [3.8, 4) is 56.4 Å². The number of hydrogen-bond donors (Lipinski definition) is 0. The molecule has 0 N–H and O–H groups in total. The van der Waals surface area contributed by atoms with Crippen LogP contribution in [0.1, 0.15) is 25.0 Å². The Hall–Kier alpha value is -7.04. The second-order valence-corrected chi connectivity index (χ2v) is 15.0. The molecule has 4 heteroatoms. The van der Waals surface area contributed by atoms with Crippen molar-refractivity contribution in [2.45, 2.75) is 19.3 Å². The average molecular weight is 709 g/mol. The Kier molecular flexibility index (Phi) is 6.86. The maximum Gasteiger partial charge on any atom is 0.151 e. The van der Waals surface area contributed by atoms with Crippen molar-refractivity contribution in [1.29, 1.82) is 0 Å². The minimum Gasteiger partial charge on any atom is -0.453 e. The standard InChI is InChI=1S/C51H36N2O2/c1-51(2)41-31-35(33-19-25-37(26-20-33)52-43-11-3-7-15-47(43)54-48-16-8-4-12-44(48)52)23-29-39(41)40-30-24-36(32-42(40)51)34-21-27-38(28-22-34)53-45-13-5-9-17-49(45)55-50-18-10-6-14-46(50)53/h3-32H,1-2H3. The van der Waals surface area contributed by atoms with Gasteiger partial charge in [-0.05, 0) is 129 Å². The van der Waals surface area contributed by atoms with Crippen LogP contribution in [0.25, 0.3) is 33.4 Å². The van der Waals surface area contributed by atoms with Gasteiger partial charge in [-0.1, -0.05) is 111 Å². The lowest BCUT2D eigenvalue weighted by atomic mass is 9.81. The molecule has 0 radical (unpaired) electrons. The fourth-order valence-corrected chi connectivity index (χ4v) is 8.67. The third kappa shape index (κ3) is 4.92. The summed E-state index contributed by atoms with van der Waals surface area (Å²) >= 11 is 0. The molecular weight excluding hydrogens is 673 g/mol. The summed E-state index contributed by atoms with van der Waals surface area (Å²) in [5, 5.41) is 0. The molecule has 0 amide bonds. The Morgan fingerprint density at radius 3 is 1.00 bits per heavy atom. The van der Waals surface area contributed by atoms with Gasteiger partial charge in [-0.2, -0.15) is 0 Å². The molecule has 8 aromatic carbocycles. The van der Waals surface area contributed by atoms with Crippen molar-refractivity contribution in [3.05, 3.63) is 193 Å². The molecule has 0 atom stereocenters. The van der Waals surface area contributed by atoms with E-state index in [9.17, 15) is 0 Å². The first-order valence-electron chi connectivity index (χ1n) is 18.8. The molecule has 0 unspecified atom stereocenters. The first-order valence-corrected chi connectivity index (χ1v) is 18.8. The maximum atomic E-state index is 6.25. The summed E-state index contributed by atoms with van der Waals surface area (Å²) in [7, 11) is 0. The number of para-hydroxylation sites is 8. The smallest absolute Gasteiger partial charge is 0.151 e. The Labute approximate surface area is 321 Å². The molecule has 2 aliphatic heterocycles. The number of anilines is 6. The average Bonchev–Trinajstić information content (AvgIpc) is 3.46. The van der Waals surface area contributed by atoms with Crippen LogP contribution in [0.4, 0.5) is 34.1 Å². The van der Waals surface area contributed by atoms with Gasteiger partial charge in [-0.25, -0.2) is 0 Å². The molecule has 55 heavy (non-hydrogen) atoms. The van der Waals surface area contributed by atoms with E-state index in [-0.39, 0.29) is 5.41 Å². The normalized spacial score (nSPS) is 14.0. The number of hydrogen-bond acceptors (Lipinski definition) is 4. The van der Waals surface area contributed by atoms with Crippen molar-refractivity contribution in [2.75, 3.05) is 9.80 Å². The molecule has 0 spiro atoms. The van der Waals surface area contributed by atoms with Crippen molar-refractivity contribution in [3.63, 3.8) is 0 Å². The lowest BCUT2D eigenvalue weighted by molar-refractivity contribution is 0.477. The van der Waals surface area contributed by atoms with E-state index in [0.717, 1.165) is 57.1 Å². The second kappa shape index (κ2) is 12.0. The van der Waals surface area contributed by atoms with E-state index >= 15 is 0 Å². The van der Waals surface area contributed by atoms with Crippen LogP contribution >= 0.6 is 0 Å². The molecule has 11 rings (SSSR count). The van der Waals surface area contributed by atoms with Gasteiger partial charge in [0, 0.05) is 16.8 Å². The lowest BCUT2D eigenvalue weighted by Gasteiger charge is -2.32. The van der Waals surface area contributed by atoms with E-state index in [0.29, 0.717) is 0 Å². The summed E-state index contributed by atoms with van der Waals surface area (Å²) in [6.45, 7) is 4.72. The summed E-state index contributed by atoms with van der Waals surface area (Å²) in [4.78, 5) is 4.57. The van der Waals surface area contributed by atoms with Gasteiger partial charge in [0.25, 0.3) is 0 Å². The van der Waals surface area contributed by atoms with E-state index in [2.05, 4.69) is 157 Å². The third-order valence-corrected chi connectivity index (χ3v) is 11.5. The van der Waals surface area contributed by atoms with E-state index in [1.54, 1.807) is 0 Å². The largest absolute Gasteiger partial charge is 0.453 e. The molecule has 3 aliphatic rings. The minimum atomic E-state index is -0.154. The van der Waals surface area contributed by atoms with Crippen LogP contribution in [-0.4, -0.2) is 0 Å². The highest BCUT2D eigenvalue weighted by atomic mass is 16.5. The predicted molar refractivity (Wildman–Crippen MR) is 224 cm³/mol. The molecule has 2 heterocycles. The fraction of sp³-hybridized carbons (Fsp3) is 0.0588. The highest BCUT2D eigenvalue weighted by molar-refractivity contribution is 5.90. The minimum absolute atomic E-state index is 0.154. The summed E-state index contributed by atoms with van der Waals surface area (Å²) in [5.41, 5.74) is 16.4. The zero-order chi connectivity index (χ0) is 36.7. The Morgan fingerprint density at radius 2 is 0.655 bits per heavy atom. The zero-order valence-electron chi connectivity index (χ0n) is 30.5. The van der Waals surface area contributed by atoms with Gasteiger partial charge in [0.2, 0.25) is 0 Å². The topological polar surface area (TPSA) is 24.9 Å². The van der Waals surface area contributed by atoms with Gasteiger partial charge in [0.05, 0.1) is 22.7 Å².